The third-order valence-electron chi connectivity index (χ3n) is 4.24. The summed E-state index contributed by atoms with van der Waals surface area (Å²) in [4.78, 5) is 12.3. The van der Waals surface area contributed by atoms with Crippen LogP contribution in [0.5, 0.6) is 11.5 Å². The second-order valence-electron chi connectivity index (χ2n) is 6.52. The summed E-state index contributed by atoms with van der Waals surface area (Å²) in [6.45, 7) is 6.18. The summed E-state index contributed by atoms with van der Waals surface area (Å²) in [5, 5.41) is 12.6. The van der Waals surface area contributed by atoms with Gasteiger partial charge in [-0.2, -0.15) is 0 Å². The Hall–Kier alpha value is -2.97. The summed E-state index contributed by atoms with van der Waals surface area (Å²) in [5.74, 6) is 2.05. The molecular formula is C22H23ClN4O3S. The molecule has 0 aliphatic rings. The first-order valence-electron chi connectivity index (χ1n) is 9.53. The number of aromatic nitrogens is 3. The summed E-state index contributed by atoms with van der Waals surface area (Å²) in [6.07, 6.45) is 1.38. The van der Waals surface area contributed by atoms with Gasteiger partial charge in [-0.05, 0) is 49.4 Å². The fourth-order valence-electron chi connectivity index (χ4n) is 2.81. The van der Waals surface area contributed by atoms with Crippen LogP contribution in [0.25, 0.3) is 0 Å². The molecule has 0 fully saturated rings. The second kappa shape index (κ2) is 10.9. The van der Waals surface area contributed by atoms with Gasteiger partial charge in [-0.3, -0.25) is 9.36 Å². The van der Waals surface area contributed by atoms with Gasteiger partial charge in [0.2, 0.25) is 5.91 Å². The quantitative estimate of drug-likeness (QED) is 0.340. The van der Waals surface area contributed by atoms with E-state index in [9.17, 15) is 4.79 Å². The maximum absolute atomic E-state index is 12.3. The smallest absolute Gasteiger partial charge is 0.234 e. The number of thioether (sulfide) groups is 1. The van der Waals surface area contributed by atoms with E-state index < -0.39 is 0 Å². The molecule has 0 aliphatic heterocycles. The molecule has 1 N–H and O–H groups in total. The fourth-order valence-corrected chi connectivity index (χ4v) is 3.74. The molecule has 0 radical (unpaired) electrons. The van der Waals surface area contributed by atoms with Gasteiger partial charge in [-0.1, -0.05) is 35.5 Å². The molecule has 1 atom stereocenters. The highest BCUT2D eigenvalue weighted by Crippen LogP contribution is 2.26. The van der Waals surface area contributed by atoms with E-state index in [4.69, 9.17) is 21.1 Å². The van der Waals surface area contributed by atoms with Crippen molar-refractivity contribution in [1.29, 1.82) is 0 Å². The van der Waals surface area contributed by atoms with Gasteiger partial charge in [0.15, 0.2) is 17.1 Å². The third-order valence-corrected chi connectivity index (χ3v) is 5.44. The number of allylic oxidation sites excluding steroid dienone is 1. The van der Waals surface area contributed by atoms with Crippen molar-refractivity contribution in [1.82, 2.24) is 14.8 Å². The van der Waals surface area contributed by atoms with Crippen LogP contribution >= 0.6 is 23.4 Å². The zero-order valence-electron chi connectivity index (χ0n) is 17.2. The number of amides is 1. The van der Waals surface area contributed by atoms with Gasteiger partial charge in [0.1, 0.15) is 11.5 Å². The lowest BCUT2D eigenvalue weighted by Gasteiger charge is -2.16. The Bertz CT molecular complexity index is 1040. The molecular weight excluding hydrogens is 436 g/mol. The van der Waals surface area contributed by atoms with Crippen molar-refractivity contribution in [2.45, 2.75) is 24.7 Å². The first-order chi connectivity index (χ1) is 15.0. The van der Waals surface area contributed by atoms with Crippen LogP contribution in [0.2, 0.25) is 5.02 Å². The summed E-state index contributed by atoms with van der Waals surface area (Å²) < 4.78 is 13.0. The monoisotopic (exact) mass is 458 g/mol. The van der Waals surface area contributed by atoms with Crippen LogP contribution in [0.15, 0.2) is 66.3 Å². The molecule has 9 heteroatoms. The molecule has 1 unspecified atom stereocenters. The minimum atomic E-state index is -0.367. The number of carbonyl (C=O) groups excluding carboxylic acids is 1. The highest BCUT2D eigenvalue weighted by molar-refractivity contribution is 7.99. The van der Waals surface area contributed by atoms with Crippen molar-refractivity contribution in [2.24, 2.45) is 0 Å². The Morgan fingerprint density at radius 2 is 2.03 bits per heavy atom. The predicted octanol–water partition coefficient (Wildman–Crippen LogP) is 5.00. The molecule has 1 amide bonds. The number of methoxy groups -OCH3 is 1. The molecule has 0 aliphatic carbocycles. The van der Waals surface area contributed by atoms with Crippen molar-refractivity contribution < 1.29 is 14.3 Å². The van der Waals surface area contributed by atoms with Gasteiger partial charge in [0.05, 0.1) is 12.9 Å². The fraction of sp³-hybridized carbons (Fsp3) is 0.227. The average Bonchev–Trinajstić information content (AvgIpc) is 3.16. The number of rotatable bonds is 10. The number of hydrogen-bond donors (Lipinski definition) is 1. The van der Waals surface area contributed by atoms with E-state index in [0.717, 1.165) is 5.75 Å². The molecule has 2 aromatic carbocycles. The average molecular weight is 459 g/mol. The zero-order chi connectivity index (χ0) is 22.2. The first-order valence-corrected chi connectivity index (χ1v) is 10.9. The number of nitrogens with one attached hydrogen (secondary N) is 1. The Morgan fingerprint density at radius 1 is 1.26 bits per heavy atom. The Kier molecular flexibility index (Phi) is 7.97. The van der Waals surface area contributed by atoms with E-state index in [1.54, 1.807) is 49.6 Å². The first kappa shape index (κ1) is 22.7. The lowest BCUT2D eigenvalue weighted by Crippen LogP contribution is -2.15. The number of carbonyl (C=O) groups is 1. The van der Waals surface area contributed by atoms with Crippen LogP contribution in [0.3, 0.4) is 0 Å². The van der Waals surface area contributed by atoms with E-state index in [1.807, 2.05) is 23.6 Å². The second-order valence-corrected chi connectivity index (χ2v) is 7.90. The number of halogens is 1. The number of benzene rings is 2. The van der Waals surface area contributed by atoms with Crippen molar-refractivity contribution in [3.05, 3.63) is 72.0 Å². The number of anilines is 1. The molecule has 3 aromatic rings. The standard InChI is InChI=1S/C22H23ClN4O3S/c1-4-12-27-21(15(2)30-19-7-5-6-16(23)13-19)25-26-22(27)31-14-20(28)24-17-8-10-18(29-3)11-9-17/h4-11,13,15H,1,12,14H2,2-3H3,(H,24,28). The largest absolute Gasteiger partial charge is 0.497 e. The lowest BCUT2D eigenvalue weighted by atomic mass is 10.3. The molecule has 1 aromatic heterocycles. The maximum atomic E-state index is 12.3. The van der Waals surface area contributed by atoms with Gasteiger partial charge >= 0.3 is 0 Å². The SMILES string of the molecule is C=CCn1c(SCC(=O)Nc2ccc(OC)cc2)nnc1C(C)Oc1cccc(Cl)c1. The van der Waals surface area contributed by atoms with Gasteiger partial charge in [-0.25, -0.2) is 0 Å². The summed E-state index contributed by atoms with van der Waals surface area (Å²) in [5.41, 5.74) is 0.697. The van der Waals surface area contributed by atoms with Crippen LogP contribution in [-0.2, 0) is 11.3 Å². The predicted molar refractivity (Wildman–Crippen MR) is 123 cm³/mol. The van der Waals surface area contributed by atoms with Crippen molar-refractivity contribution in [2.75, 3.05) is 18.2 Å². The number of hydrogen-bond acceptors (Lipinski definition) is 6. The highest BCUT2D eigenvalue weighted by Gasteiger charge is 2.20. The van der Waals surface area contributed by atoms with Crippen molar-refractivity contribution >= 4 is 35.0 Å². The molecule has 0 saturated heterocycles. The van der Waals surface area contributed by atoms with Crippen LogP contribution in [0, 0.1) is 0 Å². The molecule has 31 heavy (non-hydrogen) atoms. The Balaban J connectivity index is 1.64. The molecule has 162 valence electrons. The van der Waals surface area contributed by atoms with E-state index in [0.29, 0.717) is 34.0 Å². The minimum Gasteiger partial charge on any atom is -0.497 e. The minimum absolute atomic E-state index is 0.145. The normalized spacial score (nSPS) is 11.6. The summed E-state index contributed by atoms with van der Waals surface area (Å²) in [7, 11) is 1.60. The van der Waals surface area contributed by atoms with E-state index in [2.05, 4.69) is 22.1 Å². The Morgan fingerprint density at radius 3 is 2.71 bits per heavy atom. The molecule has 1 heterocycles. The van der Waals surface area contributed by atoms with Gasteiger partial charge in [0, 0.05) is 17.3 Å². The number of ether oxygens (including phenoxy) is 2. The van der Waals surface area contributed by atoms with Crippen molar-refractivity contribution in [3.63, 3.8) is 0 Å². The molecule has 3 rings (SSSR count). The van der Waals surface area contributed by atoms with E-state index in [-0.39, 0.29) is 17.8 Å². The molecule has 0 bridgehead atoms. The van der Waals surface area contributed by atoms with E-state index in [1.165, 1.54) is 11.8 Å². The summed E-state index contributed by atoms with van der Waals surface area (Å²) >= 11 is 7.33. The van der Waals surface area contributed by atoms with Crippen LogP contribution in [-0.4, -0.2) is 33.5 Å². The lowest BCUT2D eigenvalue weighted by molar-refractivity contribution is -0.113. The third kappa shape index (κ3) is 6.26. The highest BCUT2D eigenvalue weighted by atomic mass is 35.5. The molecule has 0 saturated carbocycles. The van der Waals surface area contributed by atoms with E-state index >= 15 is 0 Å². The topological polar surface area (TPSA) is 78.3 Å². The Labute approximate surface area is 190 Å². The van der Waals surface area contributed by atoms with Crippen LogP contribution in [0.1, 0.15) is 18.9 Å². The van der Waals surface area contributed by atoms with Crippen molar-refractivity contribution in [3.8, 4) is 11.5 Å². The van der Waals surface area contributed by atoms with Gasteiger partial charge in [0.25, 0.3) is 0 Å². The van der Waals surface area contributed by atoms with Gasteiger partial charge in [-0.15, -0.1) is 16.8 Å². The van der Waals surface area contributed by atoms with Crippen LogP contribution < -0.4 is 14.8 Å². The van der Waals surface area contributed by atoms with Gasteiger partial charge < -0.3 is 14.8 Å². The maximum Gasteiger partial charge on any atom is 0.234 e. The molecule has 0 spiro atoms. The summed E-state index contributed by atoms with van der Waals surface area (Å²) in [6, 6.07) is 14.3. The zero-order valence-corrected chi connectivity index (χ0v) is 18.8. The van der Waals surface area contributed by atoms with Crippen LogP contribution in [0.4, 0.5) is 5.69 Å². The number of nitrogens with zero attached hydrogens (tertiary/aromatic N) is 3. The molecule has 7 nitrogen and oxygen atoms in total.